The van der Waals surface area contributed by atoms with Gasteiger partial charge in [0.15, 0.2) is 0 Å². The molecule has 32 heavy (non-hydrogen) atoms. The van der Waals surface area contributed by atoms with Gasteiger partial charge in [-0.3, -0.25) is 0 Å². The van der Waals surface area contributed by atoms with Crippen LogP contribution in [0, 0.1) is 10.8 Å². The molecule has 0 heterocycles. The van der Waals surface area contributed by atoms with Crippen LogP contribution in [0.3, 0.4) is 0 Å². The third kappa shape index (κ3) is 7.14. The minimum atomic E-state index is -0.754. The highest BCUT2D eigenvalue weighted by Gasteiger charge is 2.43. The molecule has 3 N–H and O–H groups in total. The number of hydrogen-bond donors (Lipinski definition) is 2. The summed E-state index contributed by atoms with van der Waals surface area (Å²) >= 11 is 0. The molecule has 2 atom stereocenters. The summed E-state index contributed by atoms with van der Waals surface area (Å²) < 4.78 is 11.1. The van der Waals surface area contributed by atoms with E-state index in [0.717, 1.165) is 18.4 Å². The summed E-state index contributed by atoms with van der Waals surface area (Å²) in [5.74, 6) is 0.576. The first-order valence-electron chi connectivity index (χ1n) is 11.5. The van der Waals surface area contributed by atoms with Crippen LogP contribution >= 0.6 is 0 Å². The minimum absolute atomic E-state index is 0.00664. The Bertz CT molecular complexity index is 848. The van der Waals surface area contributed by atoms with Gasteiger partial charge in [0.2, 0.25) is 0 Å². The van der Waals surface area contributed by atoms with Crippen LogP contribution in [0.25, 0.3) is 0 Å². The quantitative estimate of drug-likeness (QED) is 0.589. The van der Waals surface area contributed by atoms with E-state index in [4.69, 9.17) is 15.2 Å². The molecule has 2 unspecified atom stereocenters. The average Bonchev–Trinajstić information content (AvgIpc) is 2.56. The highest BCUT2D eigenvalue weighted by Crippen LogP contribution is 2.46. The number of nitrogens with one attached hydrogen (secondary N) is 1. The predicted octanol–water partition coefficient (Wildman–Crippen LogP) is 6.05. The van der Waals surface area contributed by atoms with E-state index in [9.17, 15) is 9.59 Å². The Hall–Kier alpha value is -2.24. The van der Waals surface area contributed by atoms with Crippen molar-refractivity contribution in [1.82, 2.24) is 5.32 Å². The number of nitrogens with two attached hydrogens (primary N) is 1. The predicted molar refractivity (Wildman–Crippen MR) is 128 cm³/mol. The molecule has 180 valence electrons. The topological polar surface area (TPSA) is 90.6 Å². The van der Waals surface area contributed by atoms with Crippen molar-refractivity contribution >= 4 is 12.2 Å². The van der Waals surface area contributed by atoms with E-state index in [1.807, 2.05) is 12.1 Å². The van der Waals surface area contributed by atoms with Crippen molar-refractivity contribution in [2.24, 2.45) is 16.6 Å². The van der Waals surface area contributed by atoms with Crippen LogP contribution < -0.4 is 15.8 Å². The van der Waals surface area contributed by atoms with Gasteiger partial charge < -0.3 is 20.5 Å². The molecule has 0 radical (unpaired) electrons. The smallest absolute Gasteiger partial charge is 0.412 e. The lowest BCUT2D eigenvalue weighted by atomic mass is 9.63. The molecular weight excluding hydrogens is 404 g/mol. The standard InChI is InChI=1S/C26H42N2O4/c1-23(2,3)17-10-11-20(19(12-17)24(4,5)6)32-22(30)28-16-26(9)14-18(31-21(27)29)13-25(7,8)15-26/h10-12,18H,13-16H2,1-9H3,(H2,27,29)(H,28,30). The van der Waals surface area contributed by atoms with Crippen LogP contribution in [0.1, 0.15) is 92.7 Å². The van der Waals surface area contributed by atoms with Gasteiger partial charge in [-0.15, -0.1) is 0 Å². The molecule has 0 saturated heterocycles. The van der Waals surface area contributed by atoms with Crippen LogP contribution in [-0.4, -0.2) is 24.8 Å². The lowest BCUT2D eigenvalue weighted by molar-refractivity contribution is -0.0163. The molecule has 0 bridgehead atoms. The number of benzene rings is 1. The van der Waals surface area contributed by atoms with E-state index in [1.165, 1.54) is 5.56 Å². The number of hydrogen-bond acceptors (Lipinski definition) is 4. The number of primary amides is 1. The maximum atomic E-state index is 12.7. The molecule has 1 aliphatic carbocycles. The summed E-state index contributed by atoms with van der Waals surface area (Å²) in [6.45, 7) is 19.7. The fourth-order valence-electron chi connectivity index (χ4n) is 5.01. The zero-order chi connectivity index (χ0) is 24.5. The van der Waals surface area contributed by atoms with Gasteiger partial charge in [-0.25, -0.2) is 9.59 Å². The van der Waals surface area contributed by atoms with Crippen LogP contribution in [0.5, 0.6) is 5.75 Å². The van der Waals surface area contributed by atoms with Crippen LogP contribution in [0.4, 0.5) is 9.59 Å². The first kappa shape index (κ1) is 26.0. The largest absolute Gasteiger partial charge is 0.446 e. The van der Waals surface area contributed by atoms with Crippen LogP contribution in [-0.2, 0) is 15.6 Å². The number of carbonyl (C=O) groups excluding carboxylic acids is 2. The lowest BCUT2D eigenvalue weighted by Gasteiger charge is -2.46. The third-order valence-corrected chi connectivity index (χ3v) is 6.20. The van der Waals surface area contributed by atoms with Gasteiger partial charge in [0.05, 0.1) is 0 Å². The van der Waals surface area contributed by atoms with E-state index >= 15 is 0 Å². The van der Waals surface area contributed by atoms with Gasteiger partial charge in [0, 0.05) is 12.1 Å². The first-order valence-corrected chi connectivity index (χ1v) is 11.5. The first-order chi connectivity index (χ1) is 14.4. The molecule has 1 aromatic carbocycles. The number of carbonyl (C=O) groups is 2. The Morgan fingerprint density at radius 1 is 1.06 bits per heavy atom. The van der Waals surface area contributed by atoms with Gasteiger partial charge in [-0.05, 0) is 52.6 Å². The maximum absolute atomic E-state index is 12.7. The Labute approximate surface area is 193 Å². The summed E-state index contributed by atoms with van der Waals surface area (Å²) in [7, 11) is 0. The zero-order valence-electron chi connectivity index (χ0n) is 21.3. The van der Waals surface area contributed by atoms with Gasteiger partial charge in [0.1, 0.15) is 11.9 Å². The molecule has 1 saturated carbocycles. The van der Waals surface area contributed by atoms with Gasteiger partial charge in [0.25, 0.3) is 0 Å². The summed E-state index contributed by atoms with van der Waals surface area (Å²) in [4.78, 5) is 24.0. The highest BCUT2D eigenvalue weighted by atomic mass is 16.6. The molecule has 6 heteroatoms. The molecular formula is C26H42N2O4. The summed E-state index contributed by atoms with van der Waals surface area (Å²) in [5.41, 5.74) is 7.02. The van der Waals surface area contributed by atoms with Gasteiger partial charge in [-0.2, -0.15) is 0 Å². The lowest BCUT2D eigenvalue weighted by Crippen LogP contribution is -2.47. The van der Waals surface area contributed by atoms with Crippen LogP contribution in [0.15, 0.2) is 18.2 Å². The Morgan fingerprint density at radius 2 is 1.69 bits per heavy atom. The average molecular weight is 447 g/mol. The van der Waals surface area contributed by atoms with Crippen molar-refractivity contribution < 1.29 is 19.1 Å². The van der Waals surface area contributed by atoms with E-state index < -0.39 is 12.2 Å². The second-order valence-electron chi connectivity index (χ2n) is 12.6. The molecule has 0 aliphatic heterocycles. The molecule has 2 rings (SSSR count). The van der Waals surface area contributed by atoms with Crippen molar-refractivity contribution in [3.05, 3.63) is 29.3 Å². The van der Waals surface area contributed by atoms with Crippen molar-refractivity contribution in [2.75, 3.05) is 6.54 Å². The van der Waals surface area contributed by atoms with Gasteiger partial charge in [-0.1, -0.05) is 74.4 Å². The molecule has 0 spiro atoms. The molecule has 1 aromatic rings. The van der Waals surface area contributed by atoms with Crippen molar-refractivity contribution in [3.8, 4) is 5.75 Å². The number of ether oxygens (including phenoxy) is 2. The van der Waals surface area contributed by atoms with E-state index in [0.29, 0.717) is 18.7 Å². The van der Waals surface area contributed by atoms with Crippen molar-refractivity contribution in [2.45, 2.75) is 98.5 Å². The van der Waals surface area contributed by atoms with Gasteiger partial charge >= 0.3 is 12.2 Å². The SMILES string of the molecule is CC1(C)CC(OC(N)=O)CC(C)(CNC(=O)Oc2ccc(C(C)(C)C)cc2C(C)(C)C)C1. The fraction of sp³-hybridized carbons (Fsp3) is 0.692. The molecule has 1 fully saturated rings. The summed E-state index contributed by atoms with van der Waals surface area (Å²) in [5, 5.41) is 2.94. The van der Waals surface area contributed by atoms with E-state index in [-0.39, 0.29) is 27.8 Å². The molecule has 2 amide bonds. The second-order valence-corrected chi connectivity index (χ2v) is 12.6. The Balaban J connectivity index is 2.13. The summed E-state index contributed by atoms with van der Waals surface area (Å²) in [6, 6.07) is 6.05. The maximum Gasteiger partial charge on any atom is 0.412 e. The second kappa shape index (κ2) is 8.95. The normalized spacial score (nSPS) is 23.3. The van der Waals surface area contributed by atoms with E-state index in [1.54, 1.807) is 0 Å². The zero-order valence-corrected chi connectivity index (χ0v) is 21.3. The molecule has 1 aliphatic rings. The molecule has 6 nitrogen and oxygen atoms in total. The highest BCUT2D eigenvalue weighted by molar-refractivity contribution is 5.71. The fourth-order valence-corrected chi connectivity index (χ4v) is 5.01. The number of amides is 2. The molecule has 0 aromatic heterocycles. The minimum Gasteiger partial charge on any atom is -0.446 e. The Kier molecular flexibility index (Phi) is 7.28. The monoisotopic (exact) mass is 446 g/mol. The third-order valence-electron chi connectivity index (χ3n) is 6.20. The van der Waals surface area contributed by atoms with Crippen molar-refractivity contribution in [1.29, 1.82) is 0 Å². The summed E-state index contributed by atoms with van der Waals surface area (Å²) in [6.07, 6.45) is 0.813. The van der Waals surface area contributed by atoms with E-state index in [2.05, 4.69) is 73.7 Å². The Morgan fingerprint density at radius 3 is 2.22 bits per heavy atom. The number of rotatable bonds is 4. The van der Waals surface area contributed by atoms with Crippen molar-refractivity contribution in [3.63, 3.8) is 0 Å². The van der Waals surface area contributed by atoms with Crippen LogP contribution in [0.2, 0.25) is 0 Å².